The van der Waals surface area contributed by atoms with E-state index in [0.717, 1.165) is 55.5 Å². The maximum absolute atomic E-state index is 14.3. The Bertz CT molecular complexity index is 1180. The number of nitrogens with one attached hydrogen (secondary N) is 1. The Labute approximate surface area is 191 Å². The van der Waals surface area contributed by atoms with Crippen molar-refractivity contribution in [1.82, 2.24) is 9.97 Å². The summed E-state index contributed by atoms with van der Waals surface area (Å²) in [7, 11) is 0. The Morgan fingerprint density at radius 2 is 1.88 bits per heavy atom. The van der Waals surface area contributed by atoms with E-state index in [0.29, 0.717) is 5.69 Å². The molecule has 1 fully saturated rings. The summed E-state index contributed by atoms with van der Waals surface area (Å²) in [5.74, 6) is -4.92. The Morgan fingerprint density at radius 3 is 2.64 bits per heavy atom. The zero-order chi connectivity index (χ0) is 22.8. The number of pyridine rings is 2. The van der Waals surface area contributed by atoms with E-state index in [1.165, 1.54) is 6.20 Å². The number of carbonyl (C=O) groups excluding carboxylic acids is 1. The van der Waals surface area contributed by atoms with Gasteiger partial charge in [-0.25, -0.2) is 18.2 Å². The highest BCUT2D eigenvalue weighted by Gasteiger charge is 2.25. The highest BCUT2D eigenvalue weighted by molar-refractivity contribution is 6.03. The van der Waals surface area contributed by atoms with Crippen LogP contribution < -0.4 is 11.1 Å². The summed E-state index contributed by atoms with van der Waals surface area (Å²) in [6, 6.07) is 5.50. The number of aromatic nitrogens is 2. The largest absolute Gasteiger partial charge is 0.505 e. The van der Waals surface area contributed by atoms with Crippen LogP contribution in [0.4, 0.5) is 18.9 Å². The quantitative estimate of drug-likeness (QED) is 0.485. The normalized spacial score (nSPS) is 17.8. The van der Waals surface area contributed by atoms with E-state index in [2.05, 4.69) is 15.3 Å². The van der Waals surface area contributed by atoms with Gasteiger partial charge < -0.3 is 16.2 Å². The molecule has 0 bridgehead atoms. The Morgan fingerprint density at radius 1 is 1.12 bits per heavy atom. The standard InChI is InChI=1S/C23H21F3N4O2.CH4.H2/c24-15-5-7-19(31)21(26)20(15)22-16(25)4-6-17(29-22)23(32)30-18-11-28-9-8-14(18)12-2-1-3-13(27)10-12;;/h4-9,11-13,31H,1-3,10,27H2,(H,30,32);1H4;1H/t12-,13+;;/m1../s1. The highest BCUT2D eigenvalue weighted by Crippen LogP contribution is 2.36. The minimum absolute atomic E-state index is 0. The van der Waals surface area contributed by atoms with Gasteiger partial charge in [0.15, 0.2) is 11.6 Å². The van der Waals surface area contributed by atoms with Gasteiger partial charge in [-0.2, -0.15) is 0 Å². The zero-order valence-electron chi connectivity index (χ0n) is 17.0. The Balaban J connectivity index is 0.00000204. The number of anilines is 1. The second-order valence-corrected chi connectivity index (χ2v) is 7.82. The van der Waals surface area contributed by atoms with E-state index < -0.39 is 40.4 Å². The van der Waals surface area contributed by atoms with Crippen LogP contribution in [0.1, 0.15) is 56.5 Å². The average molecular weight is 461 g/mol. The summed E-state index contributed by atoms with van der Waals surface area (Å²) in [5.41, 5.74) is 5.64. The predicted molar refractivity (Wildman–Crippen MR) is 121 cm³/mol. The summed E-state index contributed by atoms with van der Waals surface area (Å²) >= 11 is 0. The summed E-state index contributed by atoms with van der Waals surface area (Å²) in [4.78, 5) is 20.8. The van der Waals surface area contributed by atoms with Gasteiger partial charge in [-0.05, 0) is 61.1 Å². The third-order valence-electron chi connectivity index (χ3n) is 5.64. The number of benzene rings is 1. The van der Waals surface area contributed by atoms with Crippen LogP contribution in [0.5, 0.6) is 5.75 Å². The van der Waals surface area contributed by atoms with Crippen molar-refractivity contribution < 1.29 is 24.5 Å². The van der Waals surface area contributed by atoms with E-state index in [-0.39, 0.29) is 26.5 Å². The molecule has 1 aliphatic rings. The molecule has 2 atom stereocenters. The molecule has 2 heterocycles. The van der Waals surface area contributed by atoms with Crippen LogP contribution in [0, 0.1) is 17.5 Å². The molecule has 33 heavy (non-hydrogen) atoms. The number of carbonyl (C=O) groups is 1. The van der Waals surface area contributed by atoms with Crippen molar-refractivity contribution in [2.45, 2.75) is 45.1 Å². The molecule has 1 aliphatic carbocycles. The number of phenols is 1. The lowest BCUT2D eigenvalue weighted by atomic mass is 9.81. The van der Waals surface area contributed by atoms with Crippen molar-refractivity contribution in [2.24, 2.45) is 5.73 Å². The lowest BCUT2D eigenvalue weighted by molar-refractivity contribution is 0.102. The Hall–Kier alpha value is -3.46. The molecule has 0 radical (unpaired) electrons. The van der Waals surface area contributed by atoms with E-state index in [4.69, 9.17) is 5.73 Å². The third-order valence-corrected chi connectivity index (χ3v) is 5.64. The summed E-state index contributed by atoms with van der Waals surface area (Å²) < 4.78 is 42.8. The van der Waals surface area contributed by atoms with Crippen LogP contribution in [0.15, 0.2) is 42.7 Å². The van der Waals surface area contributed by atoms with Gasteiger partial charge in [-0.15, -0.1) is 0 Å². The molecule has 2 aromatic heterocycles. The number of rotatable bonds is 4. The molecule has 6 nitrogen and oxygen atoms in total. The van der Waals surface area contributed by atoms with E-state index in [1.807, 2.05) is 6.07 Å². The third kappa shape index (κ3) is 4.98. The molecule has 4 N–H and O–H groups in total. The van der Waals surface area contributed by atoms with Gasteiger partial charge in [0.1, 0.15) is 23.0 Å². The second-order valence-electron chi connectivity index (χ2n) is 7.82. The number of phenolic OH excluding ortho intramolecular Hbond substituents is 1. The molecule has 0 saturated heterocycles. The minimum atomic E-state index is -1.36. The molecule has 0 spiro atoms. The van der Waals surface area contributed by atoms with Crippen molar-refractivity contribution in [3.8, 4) is 17.0 Å². The average Bonchev–Trinajstić information content (AvgIpc) is 2.78. The summed E-state index contributed by atoms with van der Waals surface area (Å²) in [6.07, 6.45) is 6.77. The molecular weight excluding hydrogens is 433 g/mol. The number of hydrogen-bond donors (Lipinski definition) is 3. The van der Waals surface area contributed by atoms with E-state index in [1.54, 1.807) is 6.20 Å². The first kappa shape index (κ1) is 24.2. The second kappa shape index (κ2) is 9.99. The maximum Gasteiger partial charge on any atom is 0.274 e. The van der Waals surface area contributed by atoms with Crippen LogP contribution in [0.3, 0.4) is 0 Å². The molecule has 9 heteroatoms. The first-order valence-corrected chi connectivity index (χ1v) is 10.2. The molecular formula is C24H27F3N4O2. The van der Waals surface area contributed by atoms with Gasteiger partial charge in [0, 0.05) is 13.7 Å². The fraction of sp³-hybridized carbons (Fsp3) is 0.292. The molecule has 1 amide bonds. The van der Waals surface area contributed by atoms with Gasteiger partial charge in [0.2, 0.25) is 0 Å². The number of nitrogens with two attached hydrogens (primary N) is 1. The van der Waals surface area contributed by atoms with Gasteiger partial charge in [0.25, 0.3) is 5.91 Å². The van der Waals surface area contributed by atoms with Gasteiger partial charge in [0.05, 0.1) is 17.4 Å². The molecule has 176 valence electrons. The predicted octanol–water partition coefficient (Wildman–Crippen LogP) is 5.39. The van der Waals surface area contributed by atoms with Crippen molar-refractivity contribution in [2.75, 3.05) is 5.32 Å². The molecule has 0 aliphatic heterocycles. The topological polar surface area (TPSA) is 101 Å². The van der Waals surface area contributed by atoms with Gasteiger partial charge in [-0.3, -0.25) is 9.78 Å². The molecule has 0 unspecified atom stereocenters. The van der Waals surface area contributed by atoms with Crippen LogP contribution in [-0.2, 0) is 0 Å². The first-order chi connectivity index (χ1) is 15.3. The fourth-order valence-electron chi connectivity index (χ4n) is 4.06. The number of amides is 1. The zero-order valence-corrected chi connectivity index (χ0v) is 17.0. The van der Waals surface area contributed by atoms with Crippen LogP contribution in [-0.4, -0.2) is 27.0 Å². The molecule has 3 aromatic rings. The number of nitrogens with zero attached hydrogens (tertiary/aromatic N) is 2. The number of halogens is 3. The van der Waals surface area contributed by atoms with Crippen molar-refractivity contribution in [3.63, 3.8) is 0 Å². The molecule has 1 saturated carbocycles. The van der Waals surface area contributed by atoms with Crippen molar-refractivity contribution in [1.29, 1.82) is 0 Å². The summed E-state index contributed by atoms with van der Waals surface area (Å²) in [5, 5.41) is 12.2. The van der Waals surface area contributed by atoms with Crippen LogP contribution in [0.25, 0.3) is 11.3 Å². The fourth-order valence-corrected chi connectivity index (χ4v) is 4.06. The van der Waals surface area contributed by atoms with Crippen LogP contribution >= 0.6 is 0 Å². The van der Waals surface area contributed by atoms with Gasteiger partial charge in [-0.1, -0.05) is 13.8 Å². The molecule has 4 rings (SSSR count). The monoisotopic (exact) mass is 460 g/mol. The van der Waals surface area contributed by atoms with E-state index in [9.17, 15) is 23.1 Å². The minimum Gasteiger partial charge on any atom is -0.505 e. The lowest BCUT2D eigenvalue weighted by Crippen LogP contribution is -2.27. The highest BCUT2D eigenvalue weighted by atomic mass is 19.1. The SMILES string of the molecule is C.N[C@H]1CCC[C@@H](c2ccncc2NC(=O)c2ccc(F)c(-c3c(F)ccc(O)c3F)n2)C1.[HH]. The lowest BCUT2D eigenvalue weighted by Gasteiger charge is -2.28. The van der Waals surface area contributed by atoms with E-state index >= 15 is 0 Å². The molecule has 1 aromatic carbocycles. The Kier molecular flexibility index (Phi) is 7.33. The van der Waals surface area contributed by atoms with Crippen molar-refractivity contribution >= 4 is 11.6 Å². The van der Waals surface area contributed by atoms with Crippen LogP contribution in [0.2, 0.25) is 0 Å². The summed E-state index contributed by atoms with van der Waals surface area (Å²) in [6.45, 7) is 0. The van der Waals surface area contributed by atoms with Crippen molar-refractivity contribution in [3.05, 3.63) is 71.4 Å². The first-order valence-electron chi connectivity index (χ1n) is 10.2. The van der Waals surface area contributed by atoms with Gasteiger partial charge >= 0.3 is 0 Å². The maximum atomic E-state index is 14.3. The smallest absolute Gasteiger partial charge is 0.274 e. The number of aromatic hydroxyl groups is 1. The number of hydrogen-bond acceptors (Lipinski definition) is 5.